The second-order valence-electron chi connectivity index (χ2n) is 24.9. The van der Waals surface area contributed by atoms with Crippen molar-refractivity contribution in [3.63, 3.8) is 0 Å². The average Bonchev–Trinajstić information content (AvgIpc) is 3.61. The number of unbranched alkanes of at least 4 members (excludes halogenated alkanes) is 37. The van der Waals surface area contributed by atoms with Gasteiger partial charge in [-0.1, -0.05) is 304 Å². The fourth-order valence-corrected chi connectivity index (χ4v) is 10.8. The predicted octanol–water partition coefficient (Wildman–Crippen LogP) is 22.9. The van der Waals surface area contributed by atoms with Crippen molar-refractivity contribution in [2.75, 3.05) is 47.5 Å². The lowest BCUT2D eigenvalue weighted by atomic mass is 10.0. The van der Waals surface area contributed by atoms with E-state index in [2.05, 4.69) is 98.9 Å². The number of phosphoric acid groups is 1. The molecule has 0 aromatic heterocycles. The van der Waals surface area contributed by atoms with Gasteiger partial charge in [-0.15, -0.1) is 0 Å². The first-order valence-corrected chi connectivity index (χ1v) is 36.8. The number of carbonyl (C=O) groups is 2. The number of allylic oxidation sites excluding steroid dienone is 14. The summed E-state index contributed by atoms with van der Waals surface area (Å²) in [6.07, 6.45) is 88.3. The fourth-order valence-electron chi connectivity index (χ4n) is 10.0. The molecule has 9 nitrogen and oxygen atoms in total. The Hall–Kier alpha value is -2.81. The zero-order valence-electron chi connectivity index (χ0n) is 55.6. The van der Waals surface area contributed by atoms with Crippen molar-refractivity contribution in [2.45, 2.75) is 328 Å². The summed E-state index contributed by atoms with van der Waals surface area (Å²) in [6, 6.07) is 0. The van der Waals surface area contributed by atoms with Gasteiger partial charge >= 0.3 is 19.8 Å². The minimum Gasteiger partial charge on any atom is -0.462 e. The van der Waals surface area contributed by atoms with Gasteiger partial charge < -0.3 is 18.9 Å². The topological polar surface area (TPSA) is 108 Å². The minimum absolute atomic E-state index is 0.0307. The Bertz CT molecular complexity index is 1690. The summed E-state index contributed by atoms with van der Waals surface area (Å²) < 4.78 is 34.7. The summed E-state index contributed by atoms with van der Waals surface area (Å²) in [7, 11) is 1.48. The number of phosphoric ester groups is 1. The third-order valence-electron chi connectivity index (χ3n) is 15.4. The summed E-state index contributed by atoms with van der Waals surface area (Å²) in [5, 5.41) is 0. The van der Waals surface area contributed by atoms with Gasteiger partial charge in [-0.25, -0.2) is 4.57 Å². The molecular weight excluding hydrogens is 1060 g/mol. The lowest BCUT2D eigenvalue weighted by Gasteiger charge is -2.24. The molecule has 0 amide bonds. The highest BCUT2D eigenvalue weighted by Crippen LogP contribution is 2.43. The van der Waals surface area contributed by atoms with E-state index in [9.17, 15) is 19.0 Å². The number of ether oxygens (including phenoxy) is 2. The lowest BCUT2D eigenvalue weighted by molar-refractivity contribution is -0.870. The third kappa shape index (κ3) is 68.3. The quantitative estimate of drug-likeness (QED) is 0.0211. The molecule has 0 spiro atoms. The van der Waals surface area contributed by atoms with Crippen LogP contribution >= 0.6 is 7.82 Å². The fraction of sp³-hybridized carbons (Fsp3) is 0.784. The van der Waals surface area contributed by atoms with Gasteiger partial charge in [0.2, 0.25) is 0 Å². The maximum atomic E-state index is 12.9. The third-order valence-corrected chi connectivity index (χ3v) is 16.4. The van der Waals surface area contributed by atoms with Crippen molar-refractivity contribution in [3.8, 4) is 0 Å². The Morgan fingerprint density at radius 3 is 1.01 bits per heavy atom. The molecule has 0 aliphatic rings. The largest absolute Gasteiger partial charge is 0.472 e. The smallest absolute Gasteiger partial charge is 0.462 e. The summed E-state index contributed by atoms with van der Waals surface area (Å²) in [5.74, 6) is -0.786. The first kappa shape index (κ1) is 81.2. The molecule has 0 aliphatic heterocycles. The molecule has 2 atom stereocenters. The van der Waals surface area contributed by atoms with Crippen LogP contribution in [0.15, 0.2) is 85.1 Å². The van der Waals surface area contributed by atoms with E-state index in [-0.39, 0.29) is 32.0 Å². The highest BCUT2D eigenvalue weighted by atomic mass is 31.2. The van der Waals surface area contributed by atoms with E-state index < -0.39 is 26.5 Å². The first-order valence-electron chi connectivity index (χ1n) is 35.3. The van der Waals surface area contributed by atoms with Crippen molar-refractivity contribution in [1.29, 1.82) is 0 Å². The molecule has 0 radical (unpaired) electrons. The highest BCUT2D eigenvalue weighted by Gasteiger charge is 2.27. The van der Waals surface area contributed by atoms with E-state index in [1.165, 1.54) is 218 Å². The standard InChI is InChI=1S/C74H134NO8P/c1-6-8-10-12-14-16-18-20-22-24-26-28-30-32-34-36-37-39-40-42-44-46-48-50-52-54-56-58-60-62-64-66-73(76)80-70-72(71-82-84(78,79)81-69-68-75(3,4)5)83-74(77)67-65-63-61-59-57-55-53-51-49-47-45-43-41-38-35-33-31-29-27-25-23-21-19-17-15-13-11-9-7-2/h9,11,15,17-18,20-21,23-24,26-27,29-30,32,72H,6-8,10,12-14,16,19,22,25,28,31,33-71H2,1-5H3/p+1/b11-9-,17-15-,20-18-,23-21-,26-24-,29-27-,32-30-. The molecular formula is C74H135NO8P+. The lowest BCUT2D eigenvalue weighted by Crippen LogP contribution is -2.37. The Kier molecular flexibility index (Phi) is 62.5. The van der Waals surface area contributed by atoms with Crippen LogP contribution in [-0.4, -0.2) is 74.9 Å². The Labute approximate surface area is 520 Å². The van der Waals surface area contributed by atoms with Gasteiger partial charge in [-0.05, 0) is 89.9 Å². The number of hydrogen-bond donors (Lipinski definition) is 1. The van der Waals surface area contributed by atoms with Crippen LogP contribution in [0, 0.1) is 0 Å². The molecule has 0 saturated carbocycles. The molecule has 10 heteroatoms. The van der Waals surface area contributed by atoms with Gasteiger partial charge in [0, 0.05) is 12.8 Å². The van der Waals surface area contributed by atoms with Crippen LogP contribution < -0.4 is 0 Å². The minimum atomic E-state index is -4.39. The Morgan fingerprint density at radius 2 is 0.679 bits per heavy atom. The molecule has 0 heterocycles. The molecule has 2 unspecified atom stereocenters. The predicted molar refractivity (Wildman–Crippen MR) is 362 cm³/mol. The van der Waals surface area contributed by atoms with Crippen LogP contribution in [0.2, 0.25) is 0 Å². The number of hydrogen-bond acceptors (Lipinski definition) is 7. The Morgan fingerprint density at radius 1 is 0.381 bits per heavy atom. The molecule has 1 N–H and O–H groups in total. The summed E-state index contributed by atoms with van der Waals surface area (Å²) in [6.45, 7) is 4.35. The van der Waals surface area contributed by atoms with Crippen molar-refractivity contribution in [2.24, 2.45) is 0 Å². The molecule has 0 bridgehead atoms. The van der Waals surface area contributed by atoms with E-state index in [1.807, 2.05) is 21.1 Å². The maximum Gasteiger partial charge on any atom is 0.472 e. The maximum absolute atomic E-state index is 12.9. The summed E-state index contributed by atoms with van der Waals surface area (Å²) in [5.41, 5.74) is 0. The van der Waals surface area contributed by atoms with E-state index in [0.29, 0.717) is 17.4 Å². The number of esters is 2. The molecule has 84 heavy (non-hydrogen) atoms. The molecule has 0 rings (SSSR count). The number of carbonyl (C=O) groups excluding carboxylic acids is 2. The average molecular weight is 1200 g/mol. The number of nitrogens with zero attached hydrogens (tertiary/aromatic N) is 1. The Balaban J connectivity index is 4.02. The van der Waals surface area contributed by atoms with Crippen molar-refractivity contribution in [3.05, 3.63) is 85.1 Å². The highest BCUT2D eigenvalue weighted by molar-refractivity contribution is 7.47. The van der Waals surface area contributed by atoms with Gasteiger partial charge in [0.1, 0.15) is 19.8 Å². The zero-order chi connectivity index (χ0) is 61.2. The van der Waals surface area contributed by atoms with Crippen LogP contribution in [0.1, 0.15) is 322 Å². The van der Waals surface area contributed by atoms with Crippen molar-refractivity contribution in [1.82, 2.24) is 0 Å². The molecule has 0 aromatic rings. The first-order chi connectivity index (χ1) is 41.0. The normalized spacial score (nSPS) is 13.6. The van der Waals surface area contributed by atoms with Gasteiger partial charge in [0.25, 0.3) is 0 Å². The molecule has 0 aliphatic carbocycles. The van der Waals surface area contributed by atoms with E-state index >= 15 is 0 Å². The summed E-state index contributed by atoms with van der Waals surface area (Å²) >= 11 is 0. The van der Waals surface area contributed by atoms with Crippen LogP contribution in [0.25, 0.3) is 0 Å². The molecule has 488 valence electrons. The van der Waals surface area contributed by atoms with E-state index in [4.69, 9.17) is 18.5 Å². The van der Waals surface area contributed by atoms with Crippen LogP contribution in [0.4, 0.5) is 0 Å². The second kappa shape index (κ2) is 64.7. The number of rotatable bonds is 65. The molecule has 0 aromatic carbocycles. The van der Waals surface area contributed by atoms with Gasteiger partial charge in [-0.2, -0.15) is 0 Å². The van der Waals surface area contributed by atoms with E-state index in [1.54, 1.807) is 0 Å². The van der Waals surface area contributed by atoms with Gasteiger partial charge in [0.05, 0.1) is 27.7 Å². The number of likely N-dealkylation sites (N-methyl/N-ethyl adjacent to an activating group) is 1. The van der Waals surface area contributed by atoms with Crippen molar-refractivity contribution < 1.29 is 42.1 Å². The summed E-state index contributed by atoms with van der Waals surface area (Å²) in [4.78, 5) is 35.9. The monoisotopic (exact) mass is 1200 g/mol. The second-order valence-corrected chi connectivity index (χ2v) is 26.3. The van der Waals surface area contributed by atoms with Crippen LogP contribution in [0.3, 0.4) is 0 Å². The molecule has 0 saturated heterocycles. The van der Waals surface area contributed by atoms with Gasteiger partial charge in [0.15, 0.2) is 6.10 Å². The molecule has 0 fully saturated rings. The van der Waals surface area contributed by atoms with E-state index in [0.717, 1.165) is 70.6 Å². The van der Waals surface area contributed by atoms with Gasteiger partial charge in [-0.3, -0.25) is 18.6 Å². The zero-order valence-corrected chi connectivity index (χ0v) is 56.5. The van der Waals surface area contributed by atoms with Crippen molar-refractivity contribution >= 4 is 19.8 Å². The van der Waals surface area contributed by atoms with Crippen LogP contribution in [-0.2, 0) is 32.7 Å². The number of quaternary nitrogens is 1. The van der Waals surface area contributed by atoms with Crippen LogP contribution in [0.5, 0.6) is 0 Å². The SMILES string of the molecule is CC/C=C\C/C=C\C/C=C\C/C=C\CCCCCCCCCCCCCCCCCCC(=O)OC(COC(=O)CCCCCCCCCCCCCCCCCC/C=C\C/C=C\C/C=C\CCCCCCC)COP(=O)(O)OCC[N+](C)(C)C.